The van der Waals surface area contributed by atoms with Crippen LogP contribution in [0.4, 0.5) is 0 Å². The molecule has 1 aliphatic heterocycles. The Kier molecular flexibility index (Phi) is 6.14. The van der Waals surface area contributed by atoms with Gasteiger partial charge in [0.1, 0.15) is 5.69 Å². The minimum atomic E-state index is -0.386. The first-order valence-corrected chi connectivity index (χ1v) is 8.80. The van der Waals surface area contributed by atoms with Crippen molar-refractivity contribution >= 4 is 23.7 Å². The van der Waals surface area contributed by atoms with E-state index >= 15 is 0 Å². The SMILES string of the molecule is O=C(NN=CC1CCN(Cc2ccccc2)CC1)c1ncccc1Cl. The van der Waals surface area contributed by atoms with Gasteiger partial charge in [-0.15, -0.1) is 0 Å². The zero-order valence-electron chi connectivity index (χ0n) is 13.9. The van der Waals surface area contributed by atoms with Crippen LogP contribution in [0.5, 0.6) is 0 Å². The largest absolute Gasteiger partial charge is 0.299 e. The third-order valence-corrected chi connectivity index (χ3v) is 4.61. The first-order chi connectivity index (χ1) is 12.2. The van der Waals surface area contributed by atoms with Crippen LogP contribution < -0.4 is 5.43 Å². The lowest BCUT2D eigenvalue weighted by Gasteiger charge is -2.30. The van der Waals surface area contributed by atoms with E-state index < -0.39 is 0 Å². The lowest BCUT2D eigenvalue weighted by molar-refractivity contribution is 0.0950. The van der Waals surface area contributed by atoms with Crippen LogP contribution in [-0.2, 0) is 6.54 Å². The fourth-order valence-electron chi connectivity index (χ4n) is 2.91. The van der Waals surface area contributed by atoms with Crippen LogP contribution >= 0.6 is 11.6 Å². The number of pyridine rings is 1. The highest BCUT2D eigenvalue weighted by Crippen LogP contribution is 2.17. The zero-order chi connectivity index (χ0) is 17.5. The van der Waals surface area contributed by atoms with E-state index in [0.29, 0.717) is 10.9 Å². The number of piperidine rings is 1. The molecular weight excluding hydrogens is 336 g/mol. The molecule has 1 aliphatic rings. The van der Waals surface area contributed by atoms with Crippen LogP contribution in [0.3, 0.4) is 0 Å². The molecule has 6 heteroatoms. The van der Waals surface area contributed by atoms with Crippen molar-refractivity contribution in [3.05, 3.63) is 64.9 Å². The van der Waals surface area contributed by atoms with Crippen molar-refractivity contribution in [2.45, 2.75) is 19.4 Å². The van der Waals surface area contributed by atoms with E-state index in [9.17, 15) is 4.79 Å². The molecule has 1 aromatic carbocycles. The number of nitrogens with zero attached hydrogens (tertiary/aromatic N) is 3. The van der Waals surface area contributed by atoms with Crippen LogP contribution in [0.1, 0.15) is 28.9 Å². The summed E-state index contributed by atoms with van der Waals surface area (Å²) in [6.07, 6.45) is 5.44. The minimum Gasteiger partial charge on any atom is -0.299 e. The molecule has 1 amide bonds. The van der Waals surface area contributed by atoms with Gasteiger partial charge in [0.05, 0.1) is 5.02 Å². The summed E-state index contributed by atoms with van der Waals surface area (Å²) in [5.74, 6) is -0.00473. The van der Waals surface area contributed by atoms with Gasteiger partial charge in [0.15, 0.2) is 0 Å². The summed E-state index contributed by atoms with van der Waals surface area (Å²) < 4.78 is 0. The van der Waals surface area contributed by atoms with Crippen LogP contribution in [0, 0.1) is 5.92 Å². The van der Waals surface area contributed by atoms with Gasteiger partial charge >= 0.3 is 0 Å². The van der Waals surface area contributed by atoms with Crippen molar-refractivity contribution in [1.29, 1.82) is 0 Å². The second-order valence-corrected chi connectivity index (χ2v) is 6.56. The van der Waals surface area contributed by atoms with Crippen LogP contribution in [-0.4, -0.2) is 35.1 Å². The number of carbonyl (C=O) groups is 1. The normalized spacial score (nSPS) is 16.2. The lowest BCUT2D eigenvalue weighted by atomic mass is 9.98. The molecule has 25 heavy (non-hydrogen) atoms. The first-order valence-electron chi connectivity index (χ1n) is 8.42. The van der Waals surface area contributed by atoms with Crippen molar-refractivity contribution in [1.82, 2.24) is 15.3 Å². The molecule has 3 rings (SSSR count). The van der Waals surface area contributed by atoms with E-state index in [1.165, 1.54) is 11.8 Å². The number of aromatic nitrogens is 1. The summed E-state index contributed by atoms with van der Waals surface area (Å²) in [7, 11) is 0. The Morgan fingerprint density at radius 2 is 2.00 bits per heavy atom. The fraction of sp³-hybridized carbons (Fsp3) is 0.316. The summed E-state index contributed by atoms with van der Waals surface area (Å²) in [6.45, 7) is 3.05. The number of hydrogen-bond donors (Lipinski definition) is 1. The molecule has 1 aromatic heterocycles. The van der Waals surface area contributed by atoms with Gasteiger partial charge in [-0.2, -0.15) is 5.10 Å². The Labute approximate surface area is 152 Å². The lowest BCUT2D eigenvalue weighted by Crippen LogP contribution is -2.34. The average molecular weight is 357 g/mol. The molecule has 0 bridgehead atoms. The van der Waals surface area contributed by atoms with Crippen molar-refractivity contribution in [3.8, 4) is 0 Å². The van der Waals surface area contributed by atoms with Crippen molar-refractivity contribution in [2.75, 3.05) is 13.1 Å². The maximum atomic E-state index is 12.0. The van der Waals surface area contributed by atoms with Gasteiger partial charge in [0.25, 0.3) is 5.91 Å². The molecule has 0 saturated carbocycles. The highest BCUT2D eigenvalue weighted by atomic mass is 35.5. The molecule has 1 fully saturated rings. The third kappa shape index (κ3) is 5.11. The van der Waals surface area contributed by atoms with Gasteiger partial charge < -0.3 is 0 Å². The standard InChI is InChI=1S/C19H21ClN4O/c20-17-7-4-10-21-18(17)19(25)23-22-13-15-8-11-24(12-9-15)14-16-5-2-1-3-6-16/h1-7,10,13,15H,8-9,11-12,14H2,(H,23,25). The summed E-state index contributed by atoms with van der Waals surface area (Å²) in [5.41, 5.74) is 4.04. The maximum absolute atomic E-state index is 12.0. The van der Waals surface area contributed by atoms with E-state index in [1.807, 2.05) is 12.3 Å². The maximum Gasteiger partial charge on any atom is 0.291 e. The predicted octanol–water partition coefficient (Wildman–Crippen LogP) is 3.36. The highest BCUT2D eigenvalue weighted by molar-refractivity contribution is 6.33. The van der Waals surface area contributed by atoms with Gasteiger partial charge in [-0.25, -0.2) is 10.4 Å². The summed E-state index contributed by atoms with van der Waals surface area (Å²) in [5, 5.41) is 4.40. The molecule has 0 spiro atoms. The second kappa shape index (κ2) is 8.74. The van der Waals surface area contributed by atoms with Gasteiger partial charge in [-0.05, 0) is 49.5 Å². The van der Waals surface area contributed by atoms with E-state index in [1.54, 1.807) is 12.1 Å². The van der Waals surface area contributed by atoms with Crippen LogP contribution in [0.15, 0.2) is 53.8 Å². The highest BCUT2D eigenvalue weighted by Gasteiger charge is 2.18. The number of likely N-dealkylation sites (tertiary alicyclic amines) is 1. The number of halogens is 1. The minimum absolute atomic E-state index is 0.194. The number of hydrogen-bond acceptors (Lipinski definition) is 4. The number of nitrogens with one attached hydrogen (secondary N) is 1. The summed E-state index contributed by atoms with van der Waals surface area (Å²) >= 11 is 5.95. The summed E-state index contributed by atoms with van der Waals surface area (Å²) in [4.78, 5) is 18.4. The van der Waals surface area contributed by atoms with E-state index in [-0.39, 0.29) is 11.6 Å². The van der Waals surface area contributed by atoms with Crippen molar-refractivity contribution < 1.29 is 4.79 Å². The Hall–Kier alpha value is -2.24. The Morgan fingerprint density at radius 3 is 2.72 bits per heavy atom. The molecule has 0 atom stereocenters. The van der Waals surface area contributed by atoms with E-state index in [2.05, 4.69) is 44.7 Å². The third-order valence-electron chi connectivity index (χ3n) is 4.31. The predicted molar refractivity (Wildman–Crippen MR) is 99.6 cm³/mol. The molecule has 5 nitrogen and oxygen atoms in total. The fourth-order valence-corrected chi connectivity index (χ4v) is 3.12. The van der Waals surface area contributed by atoms with Gasteiger partial charge in [-0.1, -0.05) is 41.9 Å². The quantitative estimate of drug-likeness (QED) is 0.660. The topological polar surface area (TPSA) is 57.6 Å². The molecule has 1 N–H and O–H groups in total. The Bertz CT molecular complexity index is 727. The molecular formula is C19H21ClN4O. The first kappa shape index (κ1) is 17.6. The molecule has 2 heterocycles. The number of rotatable bonds is 5. The van der Waals surface area contributed by atoms with Crippen LogP contribution in [0.25, 0.3) is 0 Å². The van der Waals surface area contributed by atoms with E-state index in [0.717, 1.165) is 32.5 Å². The van der Waals surface area contributed by atoms with Crippen molar-refractivity contribution in [3.63, 3.8) is 0 Å². The molecule has 0 unspecified atom stereocenters. The molecule has 1 saturated heterocycles. The molecule has 0 radical (unpaired) electrons. The molecule has 130 valence electrons. The van der Waals surface area contributed by atoms with Gasteiger partial charge in [-0.3, -0.25) is 9.69 Å². The van der Waals surface area contributed by atoms with Gasteiger partial charge in [0.2, 0.25) is 0 Å². The van der Waals surface area contributed by atoms with Crippen LogP contribution in [0.2, 0.25) is 5.02 Å². The van der Waals surface area contributed by atoms with E-state index in [4.69, 9.17) is 11.6 Å². The monoisotopic (exact) mass is 356 g/mol. The van der Waals surface area contributed by atoms with Crippen molar-refractivity contribution in [2.24, 2.45) is 11.0 Å². The van der Waals surface area contributed by atoms with Gasteiger partial charge in [0, 0.05) is 19.0 Å². The number of benzene rings is 1. The number of amides is 1. The smallest absolute Gasteiger partial charge is 0.291 e. The summed E-state index contributed by atoms with van der Waals surface area (Å²) in [6, 6.07) is 13.8. The molecule has 2 aromatic rings. The number of hydrazone groups is 1. The average Bonchev–Trinajstić information content (AvgIpc) is 2.64. The Balaban J connectivity index is 1.43. The zero-order valence-corrected chi connectivity index (χ0v) is 14.7. The second-order valence-electron chi connectivity index (χ2n) is 6.15. The Morgan fingerprint density at radius 1 is 1.24 bits per heavy atom. The molecule has 0 aliphatic carbocycles. The number of carbonyl (C=O) groups excluding carboxylic acids is 1.